The summed E-state index contributed by atoms with van der Waals surface area (Å²) in [5.74, 6) is -0.503. The van der Waals surface area contributed by atoms with E-state index in [4.69, 9.17) is 14.2 Å². The molecule has 5 nitrogen and oxygen atoms in total. The molecule has 5 heteroatoms. The Morgan fingerprint density at radius 1 is 0.359 bits per heavy atom. The van der Waals surface area contributed by atoms with Crippen LogP contribution in [0.5, 0.6) is 0 Å². The van der Waals surface area contributed by atoms with E-state index < -0.39 is 6.10 Å². The lowest BCUT2D eigenvalue weighted by molar-refractivity contribution is -0.163. The molecule has 0 spiro atoms. The van der Waals surface area contributed by atoms with E-state index in [-0.39, 0.29) is 25.2 Å². The molecule has 0 saturated carbocycles. The summed E-state index contributed by atoms with van der Waals surface area (Å²) >= 11 is 0. The summed E-state index contributed by atoms with van der Waals surface area (Å²) in [5, 5.41) is 0. The summed E-state index contributed by atoms with van der Waals surface area (Å²) in [4.78, 5) is 25.4. The van der Waals surface area contributed by atoms with E-state index >= 15 is 0 Å². The van der Waals surface area contributed by atoms with Crippen molar-refractivity contribution < 1.29 is 23.8 Å². The predicted molar refractivity (Wildman–Crippen MR) is 278 cm³/mol. The molecule has 0 heterocycles. The van der Waals surface area contributed by atoms with Gasteiger partial charge in [-0.1, -0.05) is 199 Å². The third kappa shape index (κ3) is 50.7. The van der Waals surface area contributed by atoms with Crippen LogP contribution < -0.4 is 0 Å². The van der Waals surface area contributed by atoms with E-state index in [2.05, 4.69) is 154 Å². The summed E-state index contributed by atoms with van der Waals surface area (Å²) in [6.07, 6.45) is 76.1. The number of hydrogen-bond acceptors (Lipinski definition) is 5. The molecule has 0 aromatic rings. The summed E-state index contributed by atoms with van der Waals surface area (Å²) in [6.45, 7) is 7.40. The summed E-state index contributed by atoms with van der Waals surface area (Å²) < 4.78 is 17.3. The van der Waals surface area contributed by atoms with Gasteiger partial charge in [-0.3, -0.25) is 9.59 Å². The highest BCUT2D eigenvalue weighted by Gasteiger charge is 2.17. The first kappa shape index (κ1) is 60.0. The van der Waals surface area contributed by atoms with Crippen LogP contribution >= 0.6 is 0 Å². The molecule has 0 radical (unpaired) electrons. The molecule has 0 N–H and O–H groups in total. The lowest BCUT2D eigenvalue weighted by Crippen LogP contribution is -2.30. The van der Waals surface area contributed by atoms with Crippen molar-refractivity contribution in [3.8, 4) is 0 Å². The average molecular weight is 883 g/mol. The van der Waals surface area contributed by atoms with Crippen molar-refractivity contribution in [2.75, 3.05) is 19.8 Å². The van der Waals surface area contributed by atoms with Crippen LogP contribution in [0.2, 0.25) is 0 Å². The van der Waals surface area contributed by atoms with Gasteiger partial charge in [0, 0.05) is 19.4 Å². The number of unbranched alkanes of at least 4 members (excludes halogenated alkanes) is 12. The quantitative estimate of drug-likeness (QED) is 0.0346. The van der Waals surface area contributed by atoms with Crippen molar-refractivity contribution in [2.45, 2.75) is 207 Å². The highest BCUT2D eigenvalue weighted by atomic mass is 16.6. The Morgan fingerprint density at radius 2 is 0.719 bits per heavy atom. The molecule has 360 valence electrons. The Bertz CT molecular complexity index is 1370. The highest BCUT2D eigenvalue weighted by molar-refractivity contribution is 5.70. The van der Waals surface area contributed by atoms with E-state index in [9.17, 15) is 9.59 Å². The first-order valence-corrected chi connectivity index (χ1v) is 25.7. The monoisotopic (exact) mass is 883 g/mol. The van der Waals surface area contributed by atoms with Gasteiger partial charge in [-0.15, -0.1) is 0 Å². The lowest BCUT2D eigenvalue weighted by Gasteiger charge is -2.18. The minimum absolute atomic E-state index is 0.0332. The minimum Gasteiger partial charge on any atom is -0.462 e. The van der Waals surface area contributed by atoms with Crippen LogP contribution in [0, 0.1) is 0 Å². The van der Waals surface area contributed by atoms with Crippen LogP contribution in [0.4, 0.5) is 0 Å². The first-order valence-electron chi connectivity index (χ1n) is 25.7. The van der Waals surface area contributed by atoms with Gasteiger partial charge in [0.1, 0.15) is 6.61 Å². The Kier molecular flexibility index (Phi) is 50.1. The molecule has 1 atom stereocenters. The number of carbonyl (C=O) groups excluding carboxylic acids is 2. The zero-order chi connectivity index (χ0) is 46.3. The zero-order valence-corrected chi connectivity index (χ0v) is 41.2. The molecule has 0 bridgehead atoms. The molecule has 1 unspecified atom stereocenters. The van der Waals surface area contributed by atoms with Gasteiger partial charge >= 0.3 is 11.9 Å². The maximum absolute atomic E-state index is 12.8. The van der Waals surface area contributed by atoms with Crippen molar-refractivity contribution in [1.29, 1.82) is 0 Å². The molecular weight excluding hydrogens is 789 g/mol. The topological polar surface area (TPSA) is 61.8 Å². The van der Waals surface area contributed by atoms with Crippen LogP contribution in [0.15, 0.2) is 134 Å². The van der Waals surface area contributed by atoms with E-state index in [0.29, 0.717) is 19.4 Å². The fraction of sp³-hybridized carbons (Fsp3) is 0.593. The van der Waals surface area contributed by atoms with Gasteiger partial charge in [0.2, 0.25) is 0 Å². The largest absolute Gasteiger partial charge is 0.462 e. The number of allylic oxidation sites excluding steroid dienone is 22. The summed E-state index contributed by atoms with van der Waals surface area (Å²) in [6, 6.07) is 0. The van der Waals surface area contributed by atoms with Gasteiger partial charge in [0.15, 0.2) is 6.10 Å². The second-order valence-electron chi connectivity index (χ2n) is 16.3. The maximum Gasteiger partial charge on any atom is 0.306 e. The van der Waals surface area contributed by atoms with Crippen LogP contribution in [0.3, 0.4) is 0 Å². The van der Waals surface area contributed by atoms with Gasteiger partial charge < -0.3 is 14.2 Å². The standard InChI is InChI=1S/C59H94O5/c1-4-7-10-13-16-19-22-25-27-29-31-33-36-39-42-45-48-51-54-62-55-57(64-59(61)53-50-47-44-41-38-34-24-21-18-15-12-9-6-3)56-63-58(60)52-49-46-43-40-37-35-32-30-28-26-23-20-17-14-11-8-5-2/h7-8,10-12,15-17,19-21,24-28,31-33,35,40,43,57H,4-6,9,13-14,18,22-23,29-30,34,36-39,41-42,44-56H2,1-3H3/b10-7-,11-8-,15-12-,19-16-,20-17-,24-21-,27-25-,28-26-,33-31-,35-32-,43-40-. The molecule has 0 fully saturated rings. The maximum atomic E-state index is 12.8. The van der Waals surface area contributed by atoms with Crippen LogP contribution in [-0.2, 0) is 23.8 Å². The third-order valence-corrected chi connectivity index (χ3v) is 10.1. The minimum atomic E-state index is -0.586. The summed E-state index contributed by atoms with van der Waals surface area (Å²) in [5.41, 5.74) is 0. The normalized spacial score (nSPS) is 13.4. The van der Waals surface area contributed by atoms with Crippen molar-refractivity contribution >= 4 is 11.9 Å². The molecular formula is C59H94O5. The van der Waals surface area contributed by atoms with E-state index in [1.807, 2.05) is 0 Å². The van der Waals surface area contributed by atoms with E-state index in [0.717, 1.165) is 128 Å². The molecule has 0 aliphatic carbocycles. The molecule has 0 saturated heterocycles. The Morgan fingerprint density at radius 3 is 1.17 bits per heavy atom. The molecule has 0 aliphatic rings. The molecule has 0 aromatic heterocycles. The number of ether oxygens (including phenoxy) is 3. The van der Waals surface area contributed by atoms with Crippen LogP contribution in [-0.4, -0.2) is 37.9 Å². The van der Waals surface area contributed by atoms with Crippen LogP contribution in [0.25, 0.3) is 0 Å². The Labute approximate surface area is 394 Å². The van der Waals surface area contributed by atoms with E-state index in [1.165, 1.54) is 38.5 Å². The van der Waals surface area contributed by atoms with Crippen LogP contribution in [0.1, 0.15) is 201 Å². The van der Waals surface area contributed by atoms with Crippen molar-refractivity contribution in [3.63, 3.8) is 0 Å². The Hall–Kier alpha value is -3.96. The number of carbonyl (C=O) groups is 2. The fourth-order valence-corrected chi connectivity index (χ4v) is 6.40. The van der Waals surface area contributed by atoms with Gasteiger partial charge in [-0.05, 0) is 122 Å². The Balaban J connectivity index is 4.44. The molecule has 0 rings (SSSR count). The molecule has 64 heavy (non-hydrogen) atoms. The second kappa shape index (κ2) is 53.4. The fourth-order valence-electron chi connectivity index (χ4n) is 6.40. The molecule has 0 aromatic carbocycles. The van der Waals surface area contributed by atoms with Gasteiger partial charge in [-0.2, -0.15) is 0 Å². The number of esters is 2. The average Bonchev–Trinajstić information content (AvgIpc) is 3.30. The molecule has 0 aliphatic heterocycles. The van der Waals surface area contributed by atoms with Crippen molar-refractivity contribution in [3.05, 3.63) is 134 Å². The van der Waals surface area contributed by atoms with Gasteiger partial charge in [0.05, 0.1) is 6.61 Å². The predicted octanol–water partition coefficient (Wildman–Crippen LogP) is 17.6. The highest BCUT2D eigenvalue weighted by Crippen LogP contribution is 2.11. The SMILES string of the molecule is CC/C=C\C/C=C\C/C=C\C/C=C\C/C=C\CCCC(=O)OCC(COCCCCCCC/C=C\C/C=C\C/C=C\C/C=C\CC)OC(=O)CCCCCCC/C=C\C/C=C\CCC. The number of hydrogen-bond donors (Lipinski definition) is 0. The van der Waals surface area contributed by atoms with Crippen molar-refractivity contribution in [1.82, 2.24) is 0 Å². The first-order chi connectivity index (χ1) is 31.6. The van der Waals surface area contributed by atoms with Crippen molar-refractivity contribution in [2.24, 2.45) is 0 Å². The second-order valence-corrected chi connectivity index (χ2v) is 16.3. The lowest BCUT2D eigenvalue weighted by atomic mass is 10.1. The number of rotatable bonds is 45. The molecule has 0 amide bonds. The third-order valence-electron chi connectivity index (χ3n) is 10.1. The smallest absolute Gasteiger partial charge is 0.306 e. The van der Waals surface area contributed by atoms with Gasteiger partial charge in [0.25, 0.3) is 0 Å². The van der Waals surface area contributed by atoms with E-state index in [1.54, 1.807) is 0 Å². The summed E-state index contributed by atoms with van der Waals surface area (Å²) in [7, 11) is 0. The van der Waals surface area contributed by atoms with Gasteiger partial charge in [-0.25, -0.2) is 0 Å². The zero-order valence-electron chi connectivity index (χ0n) is 41.2.